The third kappa shape index (κ3) is 3.05. The Hall–Kier alpha value is -0.880. The van der Waals surface area contributed by atoms with Crippen LogP contribution in [0, 0.1) is 13.8 Å². The van der Waals surface area contributed by atoms with Crippen molar-refractivity contribution in [2.24, 2.45) is 0 Å². The van der Waals surface area contributed by atoms with E-state index in [-0.39, 0.29) is 11.8 Å². The van der Waals surface area contributed by atoms with Crippen LogP contribution in [-0.2, 0) is 10.0 Å². The summed E-state index contributed by atoms with van der Waals surface area (Å²) in [7, 11) is -3.21. The second-order valence-corrected chi connectivity index (χ2v) is 5.77. The summed E-state index contributed by atoms with van der Waals surface area (Å²) in [5.74, 6) is 0.796. The molecule has 1 rings (SSSR count). The number of nitrogens with one attached hydrogen (secondary N) is 1. The van der Waals surface area contributed by atoms with Crippen LogP contribution < -0.4 is 4.72 Å². The van der Waals surface area contributed by atoms with Crippen molar-refractivity contribution in [1.29, 1.82) is 0 Å². The maximum atomic E-state index is 11.6. The SMILES string of the molecule is CCCS(=O)(=O)NC(C)c1c(C)noc1C. The van der Waals surface area contributed by atoms with Gasteiger partial charge < -0.3 is 4.52 Å². The van der Waals surface area contributed by atoms with E-state index < -0.39 is 10.0 Å². The molecule has 0 spiro atoms. The van der Waals surface area contributed by atoms with Crippen molar-refractivity contribution in [3.63, 3.8) is 0 Å². The first-order chi connectivity index (χ1) is 7.37. The van der Waals surface area contributed by atoms with Gasteiger partial charge in [-0.2, -0.15) is 0 Å². The maximum Gasteiger partial charge on any atom is 0.212 e. The van der Waals surface area contributed by atoms with E-state index in [1.54, 1.807) is 20.8 Å². The zero-order chi connectivity index (χ0) is 12.3. The Morgan fingerprint density at radius 3 is 2.50 bits per heavy atom. The fraction of sp³-hybridized carbons (Fsp3) is 0.700. The van der Waals surface area contributed by atoms with Crippen molar-refractivity contribution < 1.29 is 12.9 Å². The van der Waals surface area contributed by atoms with Crippen molar-refractivity contribution >= 4 is 10.0 Å². The third-order valence-corrected chi connectivity index (χ3v) is 4.01. The molecule has 1 aromatic rings. The highest BCUT2D eigenvalue weighted by molar-refractivity contribution is 7.89. The van der Waals surface area contributed by atoms with E-state index in [0.717, 1.165) is 11.3 Å². The van der Waals surface area contributed by atoms with Gasteiger partial charge in [0.2, 0.25) is 10.0 Å². The topological polar surface area (TPSA) is 72.2 Å². The van der Waals surface area contributed by atoms with E-state index in [2.05, 4.69) is 9.88 Å². The fourth-order valence-corrected chi connectivity index (χ4v) is 3.08. The molecule has 1 aromatic heterocycles. The molecule has 0 bridgehead atoms. The summed E-state index contributed by atoms with van der Waals surface area (Å²) in [5, 5.41) is 3.80. The quantitative estimate of drug-likeness (QED) is 0.858. The zero-order valence-corrected chi connectivity index (χ0v) is 10.9. The van der Waals surface area contributed by atoms with E-state index in [4.69, 9.17) is 4.52 Å². The summed E-state index contributed by atoms with van der Waals surface area (Å²) in [6.07, 6.45) is 0.601. The molecule has 1 unspecified atom stereocenters. The van der Waals surface area contributed by atoms with Crippen LogP contribution in [0.25, 0.3) is 0 Å². The van der Waals surface area contributed by atoms with Gasteiger partial charge in [0.15, 0.2) is 0 Å². The zero-order valence-electron chi connectivity index (χ0n) is 10.1. The van der Waals surface area contributed by atoms with Crippen LogP contribution in [-0.4, -0.2) is 19.3 Å². The largest absolute Gasteiger partial charge is 0.361 e. The van der Waals surface area contributed by atoms with E-state index in [9.17, 15) is 8.42 Å². The molecule has 16 heavy (non-hydrogen) atoms. The summed E-state index contributed by atoms with van der Waals surface area (Å²) < 4.78 is 30.8. The molecule has 0 aliphatic heterocycles. The van der Waals surface area contributed by atoms with E-state index in [0.29, 0.717) is 12.2 Å². The van der Waals surface area contributed by atoms with Crippen LogP contribution in [0.5, 0.6) is 0 Å². The van der Waals surface area contributed by atoms with Gasteiger partial charge >= 0.3 is 0 Å². The van der Waals surface area contributed by atoms with Gasteiger partial charge in [-0.15, -0.1) is 0 Å². The number of aryl methyl sites for hydroxylation is 2. The highest BCUT2D eigenvalue weighted by Gasteiger charge is 2.20. The molecule has 6 heteroatoms. The van der Waals surface area contributed by atoms with Gasteiger partial charge in [-0.25, -0.2) is 13.1 Å². The van der Waals surface area contributed by atoms with Crippen molar-refractivity contribution in [2.45, 2.75) is 40.2 Å². The van der Waals surface area contributed by atoms with Crippen molar-refractivity contribution in [2.75, 3.05) is 5.75 Å². The molecule has 0 aromatic carbocycles. The van der Waals surface area contributed by atoms with Gasteiger partial charge in [-0.1, -0.05) is 12.1 Å². The Labute approximate surface area is 96.3 Å². The van der Waals surface area contributed by atoms with Crippen LogP contribution in [0.3, 0.4) is 0 Å². The molecular weight excluding hydrogens is 228 g/mol. The Morgan fingerprint density at radius 2 is 2.06 bits per heavy atom. The monoisotopic (exact) mass is 246 g/mol. The average molecular weight is 246 g/mol. The van der Waals surface area contributed by atoms with Gasteiger partial charge in [0.1, 0.15) is 5.76 Å². The van der Waals surface area contributed by atoms with Gasteiger partial charge in [0.25, 0.3) is 0 Å². The molecule has 0 saturated heterocycles. The Morgan fingerprint density at radius 1 is 1.44 bits per heavy atom. The first kappa shape index (κ1) is 13.2. The molecule has 5 nitrogen and oxygen atoms in total. The van der Waals surface area contributed by atoms with Crippen LogP contribution in [0.2, 0.25) is 0 Å². The minimum absolute atomic E-state index is 0.140. The van der Waals surface area contributed by atoms with Crippen LogP contribution in [0.15, 0.2) is 4.52 Å². The van der Waals surface area contributed by atoms with Crippen molar-refractivity contribution in [1.82, 2.24) is 9.88 Å². The molecule has 1 heterocycles. The highest BCUT2D eigenvalue weighted by atomic mass is 32.2. The molecule has 0 aliphatic carbocycles. The van der Waals surface area contributed by atoms with Gasteiger partial charge in [0.05, 0.1) is 11.4 Å². The van der Waals surface area contributed by atoms with Crippen LogP contribution >= 0.6 is 0 Å². The van der Waals surface area contributed by atoms with Crippen LogP contribution in [0.4, 0.5) is 0 Å². The number of rotatable bonds is 5. The molecular formula is C10H18N2O3S. The molecule has 1 atom stereocenters. The lowest BCUT2D eigenvalue weighted by Gasteiger charge is -2.13. The van der Waals surface area contributed by atoms with Gasteiger partial charge in [0, 0.05) is 11.6 Å². The predicted molar refractivity (Wildman–Crippen MR) is 61.6 cm³/mol. The average Bonchev–Trinajstić information content (AvgIpc) is 2.44. The molecule has 0 fully saturated rings. The minimum Gasteiger partial charge on any atom is -0.361 e. The third-order valence-electron chi connectivity index (χ3n) is 2.35. The number of nitrogens with zero attached hydrogens (tertiary/aromatic N) is 1. The van der Waals surface area contributed by atoms with Crippen LogP contribution in [0.1, 0.15) is 43.3 Å². The second-order valence-electron chi connectivity index (χ2n) is 3.90. The molecule has 92 valence electrons. The number of hydrogen-bond acceptors (Lipinski definition) is 4. The standard InChI is InChI=1S/C10H18N2O3S/c1-5-6-16(13,14)12-8(3)10-7(2)11-15-9(10)4/h8,12H,5-6H2,1-4H3. The van der Waals surface area contributed by atoms with E-state index in [1.807, 2.05) is 6.92 Å². The maximum absolute atomic E-state index is 11.6. The highest BCUT2D eigenvalue weighted by Crippen LogP contribution is 2.21. The number of hydrogen-bond donors (Lipinski definition) is 1. The molecule has 0 saturated carbocycles. The smallest absolute Gasteiger partial charge is 0.212 e. The normalized spacial score (nSPS) is 14.0. The summed E-state index contributed by atoms with van der Waals surface area (Å²) in [4.78, 5) is 0. The first-order valence-electron chi connectivity index (χ1n) is 5.30. The van der Waals surface area contributed by atoms with E-state index >= 15 is 0 Å². The first-order valence-corrected chi connectivity index (χ1v) is 6.95. The van der Waals surface area contributed by atoms with Gasteiger partial charge in [-0.3, -0.25) is 0 Å². The lowest BCUT2D eigenvalue weighted by atomic mass is 10.1. The number of aromatic nitrogens is 1. The predicted octanol–water partition coefficient (Wildman–Crippen LogP) is 1.68. The van der Waals surface area contributed by atoms with E-state index in [1.165, 1.54) is 0 Å². The Balaban J connectivity index is 2.84. The fourth-order valence-electron chi connectivity index (χ4n) is 1.76. The second kappa shape index (κ2) is 4.97. The summed E-state index contributed by atoms with van der Waals surface area (Å²) >= 11 is 0. The van der Waals surface area contributed by atoms with Crippen molar-refractivity contribution in [3.05, 3.63) is 17.0 Å². The van der Waals surface area contributed by atoms with Gasteiger partial charge in [-0.05, 0) is 27.2 Å². The Bertz CT molecular complexity index is 431. The molecule has 0 amide bonds. The minimum atomic E-state index is -3.21. The summed E-state index contributed by atoms with van der Waals surface area (Å²) in [5.41, 5.74) is 1.55. The molecule has 0 radical (unpaired) electrons. The molecule has 0 aliphatic rings. The lowest BCUT2D eigenvalue weighted by molar-refractivity contribution is 0.391. The summed E-state index contributed by atoms with van der Waals surface area (Å²) in [6, 6.07) is -0.303. The molecule has 1 N–H and O–H groups in total. The number of sulfonamides is 1. The van der Waals surface area contributed by atoms with Crippen molar-refractivity contribution in [3.8, 4) is 0 Å². The lowest BCUT2D eigenvalue weighted by Crippen LogP contribution is -2.29. The Kier molecular flexibility index (Phi) is 4.09. The summed E-state index contributed by atoms with van der Waals surface area (Å²) in [6.45, 7) is 7.20.